The number of rotatable bonds is 13. The summed E-state index contributed by atoms with van der Waals surface area (Å²) >= 11 is 0. The molecular formula is C23H32N7O17P. The summed E-state index contributed by atoms with van der Waals surface area (Å²) in [4.78, 5) is 61.5. The van der Waals surface area contributed by atoms with E-state index in [1.165, 1.54) is 6.07 Å². The van der Waals surface area contributed by atoms with Crippen molar-refractivity contribution in [1.29, 1.82) is 0 Å². The van der Waals surface area contributed by atoms with Crippen molar-refractivity contribution in [2.45, 2.75) is 80.7 Å². The van der Waals surface area contributed by atoms with Gasteiger partial charge in [0, 0.05) is 19.5 Å². The Balaban J connectivity index is 1.52. The number of nitrogen functional groups attached to an aromatic ring is 1. The second-order valence-corrected chi connectivity index (χ2v) is 12.1. The zero-order chi connectivity index (χ0) is 35.7. The van der Waals surface area contributed by atoms with E-state index in [0.29, 0.717) is 0 Å². The molecule has 48 heavy (non-hydrogen) atoms. The number of phosphoric ester groups is 1. The first kappa shape index (κ1) is 36.9. The first-order valence-corrected chi connectivity index (χ1v) is 15.2. The third-order valence-corrected chi connectivity index (χ3v) is 8.26. The second kappa shape index (κ2) is 14.3. The maximum Gasteiger partial charge on any atom is 0.475 e. The van der Waals surface area contributed by atoms with Crippen molar-refractivity contribution in [2.24, 2.45) is 0 Å². The zero-order valence-corrected chi connectivity index (χ0v) is 25.5. The van der Waals surface area contributed by atoms with Crippen LogP contribution in [-0.2, 0) is 39.2 Å². The monoisotopic (exact) mass is 709 g/mol. The van der Waals surface area contributed by atoms with E-state index >= 15 is 0 Å². The molecule has 0 radical (unpaired) electrons. The lowest BCUT2D eigenvalue weighted by Crippen LogP contribution is -2.67. The summed E-state index contributed by atoms with van der Waals surface area (Å²) in [5.41, 5.74) is 3.94. The molecule has 0 saturated carbocycles. The number of ether oxygens (including phenoxy) is 2. The Hall–Kier alpha value is -3.94. The van der Waals surface area contributed by atoms with E-state index in [2.05, 4.69) is 20.6 Å². The number of nitrogens with two attached hydrogens (primary N) is 1. The average Bonchev–Trinajstić information content (AvgIpc) is 3.57. The smallest absolute Gasteiger partial charge is 0.475 e. The summed E-state index contributed by atoms with van der Waals surface area (Å²) in [5.74, 6) is -7.82. The topological polar surface area (TPSA) is 371 Å². The number of carboxylic acids is 2. The second-order valence-electron chi connectivity index (χ2n) is 10.8. The molecule has 4 heterocycles. The molecule has 2 aliphatic rings. The number of aliphatic carboxylic acids is 1. The van der Waals surface area contributed by atoms with Crippen molar-refractivity contribution < 1.29 is 78.1 Å². The van der Waals surface area contributed by atoms with Gasteiger partial charge < -0.3 is 61.2 Å². The number of hydrogen-bond acceptors (Lipinski definition) is 18. The highest BCUT2D eigenvalue weighted by Crippen LogP contribution is 2.51. The number of amides is 1. The van der Waals surface area contributed by atoms with Crippen LogP contribution in [0.15, 0.2) is 23.3 Å². The van der Waals surface area contributed by atoms with Gasteiger partial charge in [-0.05, 0) is 6.07 Å². The maximum absolute atomic E-state index is 13.0. The number of nitrogens with one attached hydrogen (secondary N) is 1. The lowest BCUT2D eigenvalue weighted by Gasteiger charge is -2.46. The average molecular weight is 710 g/mol. The van der Waals surface area contributed by atoms with Gasteiger partial charge in [0.25, 0.3) is 5.79 Å². The summed E-state index contributed by atoms with van der Waals surface area (Å²) in [6.07, 6.45) is -14.1. The van der Waals surface area contributed by atoms with Crippen molar-refractivity contribution in [3.63, 3.8) is 0 Å². The van der Waals surface area contributed by atoms with E-state index in [1.54, 1.807) is 0 Å². The summed E-state index contributed by atoms with van der Waals surface area (Å²) in [6, 6.07) is -0.448. The lowest BCUT2D eigenvalue weighted by molar-refractivity contribution is -0.288. The third kappa shape index (κ3) is 8.01. The molecule has 2 aromatic rings. The Morgan fingerprint density at radius 1 is 1.23 bits per heavy atom. The van der Waals surface area contributed by atoms with Crippen LogP contribution in [0.3, 0.4) is 0 Å². The Kier molecular flexibility index (Phi) is 11.0. The molecule has 2 saturated heterocycles. The van der Waals surface area contributed by atoms with Crippen LogP contribution in [0.2, 0.25) is 0 Å². The minimum Gasteiger partial charge on any atom is -0.477 e. The van der Waals surface area contributed by atoms with Crippen molar-refractivity contribution in [3.8, 4) is 0 Å². The van der Waals surface area contributed by atoms with Crippen molar-refractivity contribution in [2.75, 3.05) is 12.3 Å². The summed E-state index contributed by atoms with van der Waals surface area (Å²) in [6.45, 7) is -0.711. The Morgan fingerprint density at radius 3 is 2.50 bits per heavy atom. The van der Waals surface area contributed by atoms with Crippen LogP contribution in [0, 0.1) is 0 Å². The molecule has 266 valence electrons. The molecule has 11 atom stereocenters. The first-order valence-electron chi connectivity index (χ1n) is 13.7. The minimum absolute atomic E-state index is 0.151. The summed E-state index contributed by atoms with van der Waals surface area (Å²) < 4.78 is 35.0. The normalized spacial score (nSPS) is 31.4. The number of aliphatic hydroxyl groups excluding tert-OH is 5. The van der Waals surface area contributed by atoms with Crippen LogP contribution in [0.4, 0.5) is 5.82 Å². The van der Waals surface area contributed by atoms with Gasteiger partial charge in [-0.1, -0.05) is 5.21 Å². The van der Waals surface area contributed by atoms with Gasteiger partial charge in [0.05, 0.1) is 31.5 Å². The highest BCUT2D eigenvalue weighted by molar-refractivity contribution is 7.47. The molecule has 0 aliphatic carbocycles. The predicted molar refractivity (Wildman–Crippen MR) is 148 cm³/mol. The number of aromatic carboxylic acids is 1. The molecule has 2 aliphatic heterocycles. The molecule has 0 aromatic carbocycles. The van der Waals surface area contributed by atoms with Crippen LogP contribution >= 0.6 is 7.82 Å². The van der Waals surface area contributed by atoms with Crippen LogP contribution in [0.25, 0.3) is 0 Å². The van der Waals surface area contributed by atoms with E-state index in [1.807, 2.05) is 0 Å². The fourth-order valence-electron chi connectivity index (χ4n) is 4.99. The molecular weight excluding hydrogens is 677 g/mol. The number of aliphatic hydroxyl groups is 5. The molecule has 1 unspecified atom stereocenters. The largest absolute Gasteiger partial charge is 0.477 e. The molecule has 0 spiro atoms. The van der Waals surface area contributed by atoms with Gasteiger partial charge in [-0.3, -0.25) is 13.9 Å². The Labute approximate surface area is 267 Å². The van der Waals surface area contributed by atoms with Crippen molar-refractivity contribution in [1.82, 2.24) is 29.9 Å². The van der Waals surface area contributed by atoms with Gasteiger partial charge in [0.2, 0.25) is 5.91 Å². The summed E-state index contributed by atoms with van der Waals surface area (Å²) in [5, 5.41) is 81.3. The zero-order valence-electron chi connectivity index (χ0n) is 24.6. The van der Waals surface area contributed by atoms with E-state index in [9.17, 15) is 59.3 Å². The van der Waals surface area contributed by atoms with Crippen LogP contribution in [-0.4, -0.2) is 144 Å². The van der Waals surface area contributed by atoms with Gasteiger partial charge >= 0.3 is 25.5 Å². The Morgan fingerprint density at radius 2 is 1.92 bits per heavy atom. The van der Waals surface area contributed by atoms with Crippen molar-refractivity contribution >= 4 is 31.5 Å². The highest BCUT2D eigenvalue weighted by atomic mass is 31.2. The molecule has 1 amide bonds. The van der Waals surface area contributed by atoms with Gasteiger partial charge in [0.1, 0.15) is 42.4 Å². The first-order chi connectivity index (χ1) is 22.3. The standard InChI is InChI=1S/C23H32N7O17P/c1-8(31)25-14-10(32)4-23(21(39)40,46-18(14)15(34)11(33)6-29-5-9(20(37)38)27-28-29)47-48(42,43)44-7-12-16(35)17(36)19(45-12)30-3-2-13(24)26-22(30)41/h2-3,5,10-12,14-19,32-36H,4,6-7H2,1H3,(H,25,31)(H,37,38)(H,39,40)(H,42,43)(H2,24,26,41)/t10-,11+,12+,14+,15+,16+,17+,18+,19+,23+/m0/s1. The molecule has 24 nitrogen and oxygen atoms in total. The molecule has 2 fully saturated rings. The van der Waals surface area contributed by atoms with Crippen LogP contribution in [0.5, 0.6) is 0 Å². The molecule has 11 N–H and O–H groups in total. The van der Waals surface area contributed by atoms with Crippen molar-refractivity contribution in [3.05, 3.63) is 34.6 Å². The molecule has 4 rings (SSSR count). The maximum atomic E-state index is 13.0. The summed E-state index contributed by atoms with van der Waals surface area (Å²) in [7, 11) is -5.60. The molecule has 0 bridgehead atoms. The SMILES string of the molecule is CC(=O)N[C@H]1[C@H]([C@H](O)[C@H](O)Cn2cc(C(=O)O)nn2)O[C@](OP(=O)(O)OC[C@H]2O[C@@H](n3ccc(N)nc3=O)[C@H](O)[C@@H]2O)(C(=O)O)C[C@@H]1O. The number of aromatic nitrogens is 5. The molecule has 25 heteroatoms. The number of anilines is 1. The van der Waals surface area contributed by atoms with Gasteiger partial charge in [-0.2, -0.15) is 4.98 Å². The predicted octanol–water partition coefficient (Wildman–Crippen LogP) is -5.27. The van der Waals surface area contributed by atoms with Gasteiger partial charge in [-0.25, -0.2) is 28.2 Å². The fourth-order valence-corrected chi connectivity index (χ4v) is 5.95. The number of hydrogen-bond donors (Lipinski definition) is 10. The number of carboxylic acid groups (broad SMARTS) is 2. The lowest BCUT2D eigenvalue weighted by atomic mass is 9.88. The quantitative estimate of drug-likeness (QED) is 0.0868. The highest BCUT2D eigenvalue weighted by Gasteiger charge is 2.59. The van der Waals surface area contributed by atoms with Gasteiger partial charge in [0.15, 0.2) is 11.9 Å². The van der Waals surface area contributed by atoms with E-state index in [4.69, 9.17) is 29.4 Å². The third-order valence-electron chi connectivity index (χ3n) is 7.26. The number of carbonyl (C=O) groups is 3. The van der Waals surface area contributed by atoms with Crippen LogP contribution < -0.4 is 16.7 Å². The molecule has 2 aromatic heterocycles. The van der Waals surface area contributed by atoms with Gasteiger partial charge in [-0.15, -0.1) is 5.10 Å². The van der Waals surface area contributed by atoms with E-state index < -0.39 is 117 Å². The minimum atomic E-state index is -5.60. The Bertz CT molecular complexity index is 1620. The fraction of sp³-hybridized carbons (Fsp3) is 0.609. The van der Waals surface area contributed by atoms with Crippen LogP contribution in [0.1, 0.15) is 30.1 Å². The van der Waals surface area contributed by atoms with E-state index in [-0.39, 0.29) is 5.82 Å². The number of phosphoric acid groups is 1. The number of nitrogens with zero attached hydrogens (tertiary/aromatic N) is 5. The van der Waals surface area contributed by atoms with E-state index in [0.717, 1.165) is 28.6 Å². The number of carbonyl (C=O) groups excluding carboxylic acids is 1.